The van der Waals surface area contributed by atoms with E-state index in [2.05, 4.69) is 28.3 Å². The second kappa shape index (κ2) is 11.4. The molecule has 0 unspecified atom stereocenters. The Balaban J connectivity index is 1.54. The van der Waals surface area contributed by atoms with Gasteiger partial charge in [0.1, 0.15) is 17.5 Å². The number of guanidine groups is 1. The van der Waals surface area contributed by atoms with E-state index in [4.69, 9.17) is 15.5 Å². The van der Waals surface area contributed by atoms with Crippen LogP contribution in [0.1, 0.15) is 37.4 Å². The fourth-order valence-electron chi connectivity index (χ4n) is 3.28. The molecule has 1 aliphatic carbocycles. The highest BCUT2D eigenvalue weighted by atomic mass is 16.5. The van der Waals surface area contributed by atoms with Crippen molar-refractivity contribution in [2.75, 3.05) is 45.6 Å². The molecule has 8 nitrogen and oxygen atoms in total. The van der Waals surface area contributed by atoms with Crippen LogP contribution in [-0.4, -0.2) is 60.5 Å². The standard InChI is InChI=1S/C23H33N7O/c1-3-26-23(29(2)14-15-31-17-18-11-12-18)27-13-7-10-21-20(16-24)22(25)30(28-21)19-8-5-4-6-9-19/h4-6,8-9,18H,3,7,10-15,17,25H2,1-2H3,(H,26,27). The predicted octanol–water partition coefficient (Wildman–Crippen LogP) is 2.58. The second-order valence-corrected chi connectivity index (χ2v) is 7.85. The zero-order valence-electron chi connectivity index (χ0n) is 18.5. The minimum Gasteiger partial charge on any atom is -0.382 e. The van der Waals surface area contributed by atoms with E-state index in [9.17, 15) is 5.26 Å². The number of ether oxygens (including phenoxy) is 1. The molecule has 1 fully saturated rings. The Morgan fingerprint density at radius 3 is 2.84 bits per heavy atom. The third kappa shape index (κ3) is 6.46. The molecule has 3 rings (SSSR count). The third-order valence-corrected chi connectivity index (χ3v) is 5.26. The molecule has 1 aromatic carbocycles. The van der Waals surface area contributed by atoms with Crippen molar-refractivity contribution in [2.24, 2.45) is 10.9 Å². The zero-order valence-corrected chi connectivity index (χ0v) is 18.5. The van der Waals surface area contributed by atoms with Crippen molar-refractivity contribution >= 4 is 11.8 Å². The smallest absolute Gasteiger partial charge is 0.193 e. The van der Waals surface area contributed by atoms with Gasteiger partial charge >= 0.3 is 0 Å². The van der Waals surface area contributed by atoms with E-state index in [0.29, 0.717) is 36.6 Å². The first-order chi connectivity index (χ1) is 15.1. The molecule has 0 aliphatic heterocycles. The summed E-state index contributed by atoms with van der Waals surface area (Å²) in [5, 5.41) is 17.5. The van der Waals surface area contributed by atoms with Crippen molar-refractivity contribution in [3.63, 3.8) is 0 Å². The van der Waals surface area contributed by atoms with Gasteiger partial charge in [0, 0.05) is 33.3 Å². The lowest BCUT2D eigenvalue weighted by Crippen LogP contribution is -2.40. The number of hydrogen-bond donors (Lipinski definition) is 2. The Morgan fingerprint density at radius 1 is 1.39 bits per heavy atom. The first-order valence-corrected chi connectivity index (χ1v) is 11.0. The average Bonchev–Trinajstić information content (AvgIpc) is 3.56. The number of nitrogens with one attached hydrogen (secondary N) is 1. The Morgan fingerprint density at radius 2 is 2.16 bits per heavy atom. The Labute approximate surface area is 184 Å². The Hall–Kier alpha value is -3.05. The summed E-state index contributed by atoms with van der Waals surface area (Å²) in [5.41, 5.74) is 8.19. The average molecular weight is 424 g/mol. The number of nitrogen functional groups attached to an aromatic ring is 1. The first kappa shape index (κ1) is 22.6. The molecular weight excluding hydrogens is 390 g/mol. The van der Waals surface area contributed by atoms with Crippen LogP contribution in [0.3, 0.4) is 0 Å². The van der Waals surface area contributed by atoms with Gasteiger partial charge < -0.3 is 20.7 Å². The summed E-state index contributed by atoms with van der Waals surface area (Å²) in [4.78, 5) is 6.82. The summed E-state index contributed by atoms with van der Waals surface area (Å²) in [7, 11) is 2.03. The predicted molar refractivity (Wildman–Crippen MR) is 123 cm³/mol. The van der Waals surface area contributed by atoms with Crippen LogP contribution in [0, 0.1) is 17.2 Å². The molecule has 2 aromatic rings. The summed E-state index contributed by atoms with van der Waals surface area (Å²) in [6.45, 7) is 5.89. The Bertz CT molecular complexity index is 897. The highest BCUT2D eigenvalue weighted by molar-refractivity contribution is 5.79. The molecule has 1 aromatic heterocycles. The summed E-state index contributed by atoms with van der Waals surface area (Å²) in [6.07, 6.45) is 4.04. The fraction of sp³-hybridized carbons (Fsp3) is 0.522. The molecule has 8 heteroatoms. The molecule has 1 saturated carbocycles. The van der Waals surface area contributed by atoms with Crippen LogP contribution >= 0.6 is 0 Å². The number of aliphatic imine (C=N–C) groups is 1. The van der Waals surface area contributed by atoms with Gasteiger partial charge in [-0.05, 0) is 50.7 Å². The number of rotatable bonds is 11. The molecule has 0 atom stereocenters. The van der Waals surface area contributed by atoms with Crippen LogP contribution in [0.15, 0.2) is 35.3 Å². The number of nitriles is 1. The van der Waals surface area contributed by atoms with Crippen LogP contribution < -0.4 is 11.1 Å². The normalized spacial score (nSPS) is 13.8. The number of para-hydroxylation sites is 1. The van der Waals surface area contributed by atoms with Gasteiger partial charge in [-0.1, -0.05) is 18.2 Å². The van der Waals surface area contributed by atoms with E-state index in [1.807, 2.05) is 37.4 Å². The molecule has 0 spiro atoms. The minimum atomic E-state index is 0.381. The number of benzene rings is 1. The van der Waals surface area contributed by atoms with E-state index in [1.165, 1.54) is 12.8 Å². The zero-order chi connectivity index (χ0) is 22.1. The van der Waals surface area contributed by atoms with Crippen LogP contribution in [0.25, 0.3) is 5.69 Å². The molecule has 166 valence electrons. The van der Waals surface area contributed by atoms with E-state index >= 15 is 0 Å². The number of aryl methyl sites for hydroxylation is 1. The quantitative estimate of drug-likeness (QED) is 0.327. The largest absolute Gasteiger partial charge is 0.382 e. The maximum absolute atomic E-state index is 9.55. The second-order valence-electron chi connectivity index (χ2n) is 7.85. The van der Waals surface area contributed by atoms with E-state index in [-0.39, 0.29) is 0 Å². The lowest BCUT2D eigenvalue weighted by molar-refractivity contribution is 0.115. The van der Waals surface area contributed by atoms with E-state index < -0.39 is 0 Å². The topological polar surface area (TPSA) is 104 Å². The van der Waals surface area contributed by atoms with Crippen molar-refractivity contribution < 1.29 is 4.74 Å². The molecule has 3 N–H and O–H groups in total. The highest BCUT2D eigenvalue weighted by Crippen LogP contribution is 2.28. The first-order valence-electron chi connectivity index (χ1n) is 11.0. The van der Waals surface area contributed by atoms with Crippen molar-refractivity contribution in [3.8, 4) is 11.8 Å². The van der Waals surface area contributed by atoms with Crippen LogP contribution in [-0.2, 0) is 11.2 Å². The third-order valence-electron chi connectivity index (χ3n) is 5.26. The lowest BCUT2D eigenvalue weighted by atomic mass is 10.1. The lowest BCUT2D eigenvalue weighted by Gasteiger charge is -2.22. The maximum atomic E-state index is 9.55. The van der Waals surface area contributed by atoms with Crippen LogP contribution in [0.5, 0.6) is 0 Å². The van der Waals surface area contributed by atoms with Gasteiger partial charge in [-0.3, -0.25) is 4.99 Å². The fourth-order valence-corrected chi connectivity index (χ4v) is 3.28. The van der Waals surface area contributed by atoms with Gasteiger partial charge in [0.2, 0.25) is 0 Å². The molecule has 0 saturated heterocycles. The van der Waals surface area contributed by atoms with Gasteiger partial charge in [-0.25, -0.2) is 4.68 Å². The molecule has 0 radical (unpaired) electrons. The number of nitrogens with zero attached hydrogens (tertiary/aromatic N) is 5. The maximum Gasteiger partial charge on any atom is 0.193 e. The van der Waals surface area contributed by atoms with Gasteiger partial charge in [0.25, 0.3) is 0 Å². The summed E-state index contributed by atoms with van der Waals surface area (Å²) in [5.74, 6) is 2.03. The number of hydrogen-bond acceptors (Lipinski definition) is 5. The summed E-state index contributed by atoms with van der Waals surface area (Å²) >= 11 is 0. The molecule has 0 bridgehead atoms. The minimum absolute atomic E-state index is 0.381. The highest BCUT2D eigenvalue weighted by Gasteiger charge is 2.21. The van der Waals surface area contributed by atoms with E-state index in [0.717, 1.165) is 43.7 Å². The number of nitrogens with two attached hydrogens (primary N) is 1. The molecular formula is C23H33N7O. The van der Waals surface area contributed by atoms with Crippen molar-refractivity contribution in [1.82, 2.24) is 20.0 Å². The molecule has 0 amide bonds. The molecule has 31 heavy (non-hydrogen) atoms. The number of likely N-dealkylation sites (N-methyl/N-ethyl adjacent to an activating group) is 1. The molecule has 1 heterocycles. The monoisotopic (exact) mass is 423 g/mol. The van der Waals surface area contributed by atoms with Gasteiger partial charge in [0.15, 0.2) is 5.96 Å². The Kier molecular flexibility index (Phi) is 8.30. The van der Waals surface area contributed by atoms with Gasteiger partial charge in [-0.15, -0.1) is 0 Å². The summed E-state index contributed by atoms with van der Waals surface area (Å²) in [6, 6.07) is 11.8. The number of aromatic nitrogens is 2. The van der Waals surface area contributed by atoms with Gasteiger partial charge in [0.05, 0.1) is 18.0 Å². The van der Waals surface area contributed by atoms with Crippen molar-refractivity contribution in [1.29, 1.82) is 5.26 Å². The molecule has 1 aliphatic rings. The van der Waals surface area contributed by atoms with Crippen molar-refractivity contribution in [3.05, 3.63) is 41.6 Å². The SMILES string of the molecule is CCNC(=NCCCc1nn(-c2ccccc2)c(N)c1C#N)N(C)CCOCC1CC1. The van der Waals surface area contributed by atoms with Crippen LogP contribution in [0.2, 0.25) is 0 Å². The van der Waals surface area contributed by atoms with Crippen LogP contribution in [0.4, 0.5) is 5.82 Å². The summed E-state index contributed by atoms with van der Waals surface area (Å²) < 4.78 is 7.37. The van der Waals surface area contributed by atoms with Crippen molar-refractivity contribution in [2.45, 2.75) is 32.6 Å². The van der Waals surface area contributed by atoms with E-state index in [1.54, 1.807) is 4.68 Å². The van der Waals surface area contributed by atoms with Gasteiger partial charge in [-0.2, -0.15) is 10.4 Å². The number of anilines is 1.